The Balaban J connectivity index is 1.40. The van der Waals surface area contributed by atoms with E-state index in [0.29, 0.717) is 24.0 Å². The van der Waals surface area contributed by atoms with Gasteiger partial charge in [0, 0.05) is 56.8 Å². The number of hydrogen-bond donors (Lipinski definition) is 2. The Morgan fingerprint density at radius 2 is 1.91 bits per heavy atom. The van der Waals surface area contributed by atoms with Crippen LogP contribution in [0.5, 0.6) is 0 Å². The van der Waals surface area contributed by atoms with Crippen molar-refractivity contribution in [2.45, 2.75) is 75.5 Å². The first-order chi connectivity index (χ1) is 11.2. The molecule has 0 spiro atoms. The van der Waals surface area contributed by atoms with Crippen LogP contribution in [0.2, 0.25) is 0 Å². The SMILES string of the molecule is NC1CNC(C2CCCC2)CC1N1CCN2C(=O)CCCC2C1. The van der Waals surface area contributed by atoms with Crippen LogP contribution in [0, 0.1) is 5.92 Å². The van der Waals surface area contributed by atoms with Gasteiger partial charge in [0.2, 0.25) is 5.91 Å². The number of hydrogen-bond acceptors (Lipinski definition) is 4. The quantitative estimate of drug-likeness (QED) is 0.795. The fraction of sp³-hybridized carbons (Fsp3) is 0.944. The van der Waals surface area contributed by atoms with Crippen LogP contribution in [-0.4, -0.2) is 66.1 Å². The summed E-state index contributed by atoms with van der Waals surface area (Å²) in [6.07, 6.45) is 9.80. The topological polar surface area (TPSA) is 61.6 Å². The van der Waals surface area contributed by atoms with Crippen molar-refractivity contribution in [3.05, 3.63) is 0 Å². The zero-order chi connectivity index (χ0) is 15.8. The van der Waals surface area contributed by atoms with E-state index in [1.54, 1.807) is 0 Å². The van der Waals surface area contributed by atoms with E-state index in [-0.39, 0.29) is 6.04 Å². The number of piperidine rings is 2. The molecule has 1 amide bonds. The number of nitrogens with one attached hydrogen (secondary N) is 1. The molecule has 0 aromatic carbocycles. The second kappa shape index (κ2) is 6.69. The first kappa shape index (κ1) is 15.9. The second-order valence-corrected chi connectivity index (χ2v) is 8.15. The van der Waals surface area contributed by atoms with E-state index in [4.69, 9.17) is 5.73 Å². The van der Waals surface area contributed by atoms with E-state index in [9.17, 15) is 4.79 Å². The highest BCUT2D eigenvalue weighted by molar-refractivity contribution is 5.77. The molecule has 3 saturated heterocycles. The van der Waals surface area contributed by atoms with Crippen molar-refractivity contribution in [2.75, 3.05) is 26.2 Å². The molecule has 0 radical (unpaired) electrons. The van der Waals surface area contributed by atoms with Gasteiger partial charge >= 0.3 is 0 Å². The normalized spacial score (nSPS) is 40.4. The van der Waals surface area contributed by atoms with Crippen molar-refractivity contribution >= 4 is 5.91 Å². The molecule has 0 aromatic heterocycles. The van der Waals surface area contributed by atoms with Crippen molar-refractivity contribution in [2.24, 2.45) is 11.7 Å². The maximum atomic E-state index is 12.1. The van der Waals surface area contributed by atoms with Crippen molar-refractivity contribution < 1.29 is 4.79 Å². The summed E-state index contributed by atoms with van der Waals surface area (Å²) in [5, 5.41) is 3.73. The summed E-state index contributed by atoms with van der Waals surface area (Å²) < 4.78 is 0. The Kier molecular flexibility index (Phi) is 4.61. The van der Waals surface area contributed by atoms with Crippen molar-refractivity contribution in [1.29, 1.82) is 0 Å². The fourth-order valence-electron chi connectivity index (χ4n) is 5.47. The zero-order valence-corrected chi connectivity index (χ0v) is 14.3. The molecule has 3 aliphatic heterocycles. The van der Waals surface area contributed by atoms with Gasteiger partial charge in [0.05, 0.1) is 0 Å². The largest absolute Gasteiger partial charge is 0.337 e. The molecule has 0 aromatic rings. The molecule has 4 atom stereocenters. The smallest absolute Gasteiger partial charge is 0.222 e. The third kappa shape index (κ3) is 3.15. The number of carbonyl (C=O) groups excluding carboxylic acids is 1. The summed E-state index contributed by atoms with van der Waals surface area (Å²) in [4.78, 5) is 16.8. The Bertz CT molecular complexity index is 437. The Hall–Kier alpha value is -0.650. The molecule has 130 valence electrons. The van der Waals surface area contributed by atoms with Gasteiger partial charge in [-0.05, 0) is 38.0 Å². The predicted octanol–water partition coefficient (Wildman–Crippen LogP) is 0.931. The Morgan fingerprint density at radius 1 is 1.09 bits per heavy atom. The lowest BCUT2D eigenvalue weighted by Crippen LogP contribution is -2.66. The maximum absolute atomic E-state index is 12.1. The van der Waals surface area contributed by atoms with E-state index >= 15 is 0 Å². The van der Waals surface area contributed by atoms with Gasteiger partial charge in [-0.3, -0.25) is 9.69 Å². The summed E-state index contributed by atoms with van der Waals surface area (Å²) >= 11 is 0. The van der Waals surface area contributed by atoms with Gasteiger partial charge in [-0.25, -0.2) is 0 Å². The van der Waals surface area contributed by atoms with Crippen LogP contribution >= 0.6 is 0 Å². The van der Waals surface area contributed by atoms with Gasteiger partial charge < -0.3 is 16.0 Å². The van der Waals surface area contributed by atoms with Crippen LogP contribution < -0.4 is 11.1 Å². The molecule has 5 heteroatoms. The zero-order valence-electron chi connectivity index (χ0n) is 14.3. The molecule has 3 heterocycles. The molecular formula is C18H32N4O. The molecule has 4 fully saturated rings. The van der Waals surface area contributed by atoms with Crippen LogP contribution in [0.4, 0.5) is 0 Å². The summed E-state index contributed by atoms with van der Waals surface area (Å²) in [5.74, 6) is 1.24. The van der Waals surface area contributed by atoms with Crippen molar-refractivity contribution in [3.8, 4) is 0 Å². The lowest BCUT2D eigenvalue weighted by Gasteiger charge is -2.50. The van der Waals surface area contributed by atoms with Gasteiger partial charge in [0.25, 0.3) is 0 Å². The summed E-state index contributed by atoms with van der Waals surface area (Å²) in [7, 11) is 0. The lowest BCUT2D eigenvalue weighted by atomic mass is 9.85. The minimum Gasteiger partial charge on any atom is -0.337 e. The second-order valence-electron chi connectivity index (χ2n) is 8.15. The van der Waals surface area contributed by atoms with Crippen LogP contribution in [-0.2, 0) is 4.79 Å². The Morgan fingerprint density at radius 3 is 2.74 bits per heavy atom. The molecule has 5 nitrogen and oxygen atoms in total. The molecule has 1 saturated carbocycles. The number of piperazine rings is 1. The number of amides is 1. The van der Waals surface area contributed by atoms with E-state index < -0.39 is 0 Å². The van der Waals surface area contributed by atoms with E-state index in [1.807, 2.05) is 0 Å². The van der Waals surface area contributed by atoms with Gasteiger partial charge in [-0.2, -0.15) is 0 Å². The first-order valence-electron chi connectivity index (χ1n) is 9.75. The minimum atomic E-state index is 0.235. The first-order valence-corrected chi connectivity index (χ1v) is 9.75. The van der Waals surface area contributed by atoms with Gasteiger partial charge in [-0.1, -0.05) is 12.8 Å². The fourth-order valence-corrected chi connectivity index (χ4v) is 5.47. The lowest BCUT2D eigenvalue weighted by molar-refractivity contribution is -0.140. The number of rotatable bonds is 2. The van der Waals surface area contributed by atoms with Gasteiger partial charge in [-0.15, -0.1) is 0 Å². The standard InChI is InChI=1S/C18H32N4O/c19-15-11-20-16(13-4-1-2-5-13)10-17(15)21-8-9-22-14(12-21)6-3-7-18(22)23/h13-17,20H,1-12,19H2. The molecule has 3 N–H and O–H groups in total. The van der Waals surface area contributed by atoms with E-state index in [2.05, 4.69) is 15.1 Å². The molecular weight excluding hydrogens is 288 g/mol. The molecule has 23 heavy (non-hydrogen) atoms. The molecule has 0 bridgehead atoms. The van der Waals surface area contributed by atoms with Gasteiger partial charge in [0.15, 0.2) is 0 Å². The number of nitrogens with zero attached hydrogens (tertiary/aromatic N) is 2. The van der Waals surface area contributed by atoms with Crippen molar-refractivity contribution in [3.63, 3.8) is 0 Å². The highest BCUT2D eigenvalue weighted by atomic mass is 16.2. The van der Waals surface area contributed by atoms with Crippen LogP contribution in [0.3, 0.4) is 0 Å². The summed E-state index contributed by atoms with van der Waals surface area (Å²) in [6, 6.07) is 1.84. The molecule has 4 aliphatic rings. The monoisotopic (exact) mass is 320 g/mol. The van der Waals surface area contributed by atoms with Crippen LogP contribution in [0.15, 0.2) is 0 Å². The third-order valence-electron chi connectivity index (χ3n) is 6.81. The van der Waals surface area contributed by atoms with Crippen LogP contribution in [0.25, 0.3) is 0 Å². The Labute approximate surface area is 139 Å². The highest BCUT2D eigenvalue weighted by Crippen LogP contribution is 2.33. The summed E-state index contributed by atoms with van der Waals surface area (Å²) in [5.41, 5.74) is 6.48. The average Bonchev–Trinajstić information content (AvgIpc) is 3.10. The molecule has 4 rings (SSSR count). The number of fused-ring (bicyclic) bond motifs is 1. The molecule has 4 unspecified atom stereocenters. The summed E-state index contributed by atoms with van der Waals surface area (Å²) in [6.45, 7) is 3.92. The third-order valence-corrected chi connectivity index (χ3v) is 6.81. The minimum absolute atomic E-state index is 0.235. The molecule has 1 aliphatic carbocycles. The maximum Gasteiger partial charge on any atom is 0.222 e. The average molecular weight is 320 g/mol. The van der Waals surface area contributed by atoms with Gasteiger partial charge in [0.1, 0.15) is 0 Å². The van der Waals surface area contributed by atoms with Crippen LogP contribution in [0.1, 0.15) is 51.4 Å². The number of carbonyl (C=O) groups is 1. The number of nitrogens with two attached hydrogens (primary N) is 1. The highest BCUT2D eigenvalue weighted by Gasteiger charge is 2.40. The van der Waals surface area contributed by atoms with Crippen molar-refractivity contribution in [1.82, 2.24) is 15.1 Å². The van der Waals surface area contributed by atoms with E-state index in [1.165, 1.54) is 38.5 Å². The predicted molar refractivity (Wildman–Crippen MR) is 91.1 cm³/mol. The van der Waals surface area contributed by atoms with E-state index in [0.717, 1.165) is 44.9 Å².